The first-order chi connectivity index (χ1) is 8.62. The van der Waals surface area contributed by atoms with Gasteiger partial charge in [0.25, 0.3) is 5.91 Å². The van der Waals surface area contributed by atoms with Gasteiger partial charge in [-0.3, -0.25) is 4.79 Å². The van der Waals surface area contributed by atoms with Gasteiger partial charge in [0.15, 0.2) is 11.5 Å². The van der Waals surface area contributed by atoms with Crippen LogP contribution in [0, 0.1) is 0 Å². The first-order valence-electron chi connectivity index (χ1n) is 5.64. The number of methoxy groups -OCH3 is 3. The van der Waals surface area contributed by atoms with Gasteiger partial charge in [0.2, 0.25) is 0 Å². The molecule has 0 bridgehead atoms. The van der Waals surface area contributed by atoms with Gasteiger partial charge in [-0.1, -0.05) is 0 Å². The van der Waals surface area contributed by atoms with Crippen LogP contribution in [0.5, 0.6) is 11.5 Å². The minimum absolute atomic E-state index is 0.0457. The number of hydrogen-bond acceptors (Lipinski definition) is 4. The molecule has 5 nitrogen and oxygen atoms in total. The molecule has 0 fully saturated rings. The van der Waals surface area contributed by atoms with Crippen molar-refractivity contribution >= 4 is 5.91 Å². The van der Waals surface area contributed by atoms with Crippen LogP contribution in [0.3, 0.4) is 0 Å². The summed E-state index contributed by atoms with van der Waals surface area (Å²) in [5.74, 6) is 0.962. The van der Waals surface area contributed by atoms with E-state index in [4.69, 9.17) is 14.2 Å². The molecule has 0 saturated carbocycles. The molecule has 0 unspecified atom stereocenters. The summed E-state index contributed by atoms with van der Waals surface area (Å²) in [6.07, 6.45) is 0. The highest BCUT2D eigenvalue weighted by Crippen LogP contribution is 2.27. The second kappa shape index (κ2) is 6.86. The largest absolute Gasteiger partial charge is 0.493 e. The molecular formula is C13H19NO4. The van der Waals surface area contributed by atoms with E-state index in [1.54, 1.807) is 32.4 Å². The topological polar surface area (TPSA) is 56.8 Å². The van der Waals surface area contributed by atoms with Crippen molar-refractivity contribution in [2.75, 3.05) is 27.9 Å². The Labute approximate surface area is 107 Å². The number of nitrogens with one attached hydrogen (secondary N) is 1. The summed E-state index contributed by atoms with van der Waals surface area (Å²) >= 11 is 0. The van der Waals surface area contributed by atoms with Gasteiger partial charge in [-0.15, -0.1) is 0 Å². The lowest BCUT2D eigenvalue weighted by molar-refractivity contribution is 0.0905. The van der Waals surface area contributed by atoms with E-state index >= 15 is 0 Å². The summed E-state index contributed by atoms with van der Waals surface area (Å²) in [7, 11) is 4.68. The zero-order chi connectivity index (χ0) is 13.5. The highest BCUT2D eigenvalue weighted by molar-refractivity contribution is 5.95. The minimum Gasteiger partial charge on any atom is -0.493 e. The van der Waals surface area contributed by atoms with Crippen LogP contribution in [0.25, 0.3) is 0 Å². The average Bonchev–Trinajstić information content (AvgIpc) is 2.38. The van der Waals surface area contributed by atoms with Crippen LogP contribution in [-0.4, -0.2) is 39.9 Å². The van der Waals surface area contributed by atoms with Crippen LogP contribution in [0.2, 0.25) is 0 Å². The van der Waals surface area contributed by atoms with Crippen molar-refractivity contribution in [3.05, 3.63) is 23.8 Å². The fourth-order valence-electron chi connectivity index (χ4n) is 1.58. The molecular weight excluding hydrogens is 234 g/mol. The SMILES string of the molecule is COC[C@H](C)NC(=O)c1ccc(OC)c(OC)c1. The van der Waals surface area contributed by atoms with Gasteiger partial charge >= 0.3 is 0 Å². The fraction of sp³-hybridized carbons (Fsp3) is 0.462. The molecule has 1 N–H and O–H groups in total. The number of rotatable bonds is 6. The molecule has 0 aliphatic heterocycles. The van der Waals surface area contributed by atoms with Crippen LogP contribution < -0.4 is 14.8 Å². The molecule has 0 spiro atoms. The van der Waals surface area contributed by atoms with E-state index in [0.717, 1.165) is 0 Å². The van der Waals surface area contributed by atoms with Gasteiger partial charge in [0.1, 0.15) is 0 Å². The Bertz CT molecular complexity index is 406. The van der Waals surface area contributed by atoms with E-state index in [-0.39, 0.29) is 11.9 Å². The number of hydrogen-bond donors (Lipinski definition) is 1. The number of benzene rings is 1. The van der Waals surface area contributed by atoms with Crippen molar-refractivity contribution in [1.29, 1.82) is 0 Å². The predicted octanol–water partition coefficient (Wildman–Crippen LogP) is 1.47. The lowest BCUT2D eigenvalue weighted by Crippen LogP contribution is -2.35. The predicted molar refractivity (Wildman–Crippen MR) is 68.4 cm³/mol. The molecule has 5 heteroatoms. The third kappa shape index (κ3) is 3.63. The van der Waals surface area contributed by atoms with E-state index < -0.39 is 0 Å². The Balaban J connectivity index is 2.80. The molecule has 18 heavy (non-hydrogen) atoms. The van der Waals surface area contributed by atoms with Gasteiger partial charge in [-0.25, -0.2) is 0 Å². The van der Waals surface area contributed by atoms with Crippen LogP contribution >= 0.6 is 0 Å². The third-order valence-corrected chi connectivity index (χ3v) is 2.44. The van der Waals surface area contributed by atoms with Crippen molar-refractivity contribution in [2.45, 2.75) is 13.0 Å². The van der Waals surface area contributed by atoms with Gasteiger partial charge in [-0.05, 0) is 25.1 Å². The first-order valence-corrected chi connectivity index (χ1v) is 5.64. The maximum absolute atomic E-state index is 11.9. The monoisotopic (exact) mass is 253 g/mol. The molecule has 1 amide bonds. The van der Waals surface area contributed by atoms with Crippen molar-refractivity contribution in [3.63, 3.8) is 0 Å². The molecule has 1 aromatic rings. The summed E-state index contributed by atoms with van der Waals surface area (Å²) in [5, 5.41) is 2.83. The van der Waals surface area contributed by atoms with Gasteiger partial charge in [-0.2, -0.15) is 0 Å². The van der Waals surface area contributed by atoms with Gasteiger partial charge in [0.05, 0.1) is 20.8 Å². The first kappa shape index (κ1) is 14.3. The van der Waals surface area contributed by atoms with E-state index in [1.807, 2.05) is 6.92 Å². The third-order valence-electron chi connectivity index (χ3n) is 2.44. The summed E-state index contributed by atoms with van der Waals surface area (Å²) in [6.45, 7) is 2.35. The van der Waals surface area contributed by atoms with Crippen molar-refractivity contribution in [1.82, 2.24) is 5.32 Å². The van der Waals surface area contributed by atoms with E-state index in [9.17, 15) is 4.79 Å². The average molecular weight is 253 g/mol. The van der Waals surface area contributed by atoms with E-state index in [1.165, 1.54) is 7.11 Å². The maximum atomic E-state index is 11.9. The normalized spacial score (nSPS) is 11.8. The standard InChI is InChI=1S/C13H19NO4/c1-9(8-16-2)14-13(15)10-5-6-11(17-3)12(7-10)18-4/h5-7,9H,8H2,1-4H3,(H,14,15)/t9-/m0/s1. The Hall–Kier alpha value is -1.75. The second-order valence-electron chi connectivity index (χ2n) is 3.90. The zero-order valence-electron chi connectivity index (χ0n) is 11.1. The van der Waals surface area contributed by atoms with Crippen LogP contribution in [0.15, 0.2) is 18.2 Å². The van der Waals surface area contributed by atoms with Crippen molar-refractivity contribution < 1.29 is 19.0 Å². The Morgan fingerprint density at radius 3 is 2.44 bits per heavy atom. The number of ether oxygens (including phenoxy) is 3. The van der Waals surface area contributed by atoms with Crippen LogP contribution in [0.1, 0.15) is 17.3 Å². The Morgan fingerprint density at radius 1 is 1.22 bits per heavy atom. The highest BCUT2D eigenvalue weighted by Gasteiger charge is 2.12. The molecule has 1 atom stereocenters. The molecule has 0 aromatic heterocycles. The molecule has 0 saturated heterocycles. The summed E-state index contributed by atoms with van der Waals surface area (Å²) in [4.78, 5) is 11.9. The quantitative estimate of drug-likeness (QED) is 0.834. The lowest BCUT2D eigenvalue weighted by Gasteiger charge is -2.14. The zero-order valence-corrected chi connectivity index (χ0v) is 11.1. The number of amides is 1. The number of carbonyl (C=O) groups excluding carboxylic acids is 1. The maximum Gasteiger partial charge on any atom is 0.251 e. The highest BCUT2D eigenvalue weighted by atomic mass is 16.5. The van der Waals surface area contributed by atoms with Gasteiger partial charge < -0.3 is 19.5 Å². The molecule has 1 aromatic carbocycles. The second-order valence-corrected chi connectivity index (χ2v) is 3.90. The molecule has 0 aliphatic carbocycles. The summed E-state index contributed by atoms with van der Waals surface area (Å²) in [5.41, 5.74) is 0.524. The number of carbonyl (C=O) groups is 1. The molecule has 1 rings (SSSR count). The van der Waals surface area contributed by atoms with E-state index in [2.05, 4.69) is 5.32 Å². The molecule has 0 radical (unpaired) electrons. The van der Waals surface area contributed by atoms with Crippen LogP contribution in [0.4, 0.5) is 0 Å². The minimum atomic E-state index is -0.166. The molecule has 0 aliphatic rings. The Morgan fingerprint density at radius 2 is 1.89 bits per heavy atom. The molecule has 0 heterocycles. The van der Waals surface area contributed by atoms with Gasteiger partial charge in [0, 0.05) is 18.7 Å². The summed E-state index contributed by atoms with van der Waals surface area (Å²) < 4.78 is 15.2. The lowest BCUT2D eigenvalue weighted by atomic mass is 10.1. The Kier molecular flexibility index (Phi) is 5.45. The van der Waals surface area contributed by atoms with E-state index in [0.29, 0.717) is 23.7 Å². The van der Waals surface area contributed by atoms with Crippen LogP contribution in [-0.2, 0) is 4.74 Å². The van der Waals surface area contributed by atoms with Crippen molar-refractivity contribution in [2.24, 2.45) is 0 Å². The molecule has 100 valence electrons. The fourth-order valence-corrected chi connectivity index (χ4v) is 1.58. The van der Waals surface area contributed by atoms with Crippen molar-refractivity contribution in [3.8, 4) is 11.5 Å². The summed E-state index contributed by atoms with van der Waals surface area (Å²) in [6, 6.07) is 4.99. The smallest absolute Gasteiger partial charge is 0.251 e.